The molecule has 0 spiro atoms. The molecule has 0 aliphatic heterocycles. The fourth-order valence-electron chi connectivity index (χ4n) is 2.20. The number of hydrogen-bond acceptors (Lipinski definition) is 2. The van der Waals surface area contributed by atoms with Crippen molar-refractivity contribution in [3.63, 3.8) is 0 Å². The molecule has 3 nitrogen and oxygen atoms in total. The van der Waals surface area contributed by atoms with Gasteiger partial charge in [-0.25, -0.2) is 0 Å². The summed E-state index contributed by atoms with van der Waals surface area (Å²) in [4.78, 5) is 14.0. The lowest BCUT2D eigenvalue weighted by molar-refractivity contribution is 0.0785. The van der Waals surface area contributed by atoms with Gasteiger partial charge in [-0.2, -0.15) is 0 Å². The quantitative estimate of drug-likeness (QED) is 0.862. The van der Waals surface area contributed by atoms with Crippen molar-refractivity contribution in [3.05, 3.63) is 63.1 Å². The smallest absolute Gasteiger partial charge is 0.253 e. The van der Waals surface area contributed by atoms with Gasteiger partial charge < -0.3 is 10.6 Å². The fraction of sp³-hybridized carbons (Fsp3) is 0.188. The van der Waals surface area contributed by atoms with Crippen LogP contribution in [0.5, 0.6) is 0 Å². The lowest BCUT2D eigenvalue weighted by Gasteiger charge is -2.18. The van der Waals surface area contributed by atoms with Crippen LogP contribution in [0.3, 0.4) is 0 Å². The van der Waals surface area contributed by atoms with Crippen molar-refractivity contribution in [2.24, 2.45) is 0 Å². The van der Waals surface area contributed by atoms with Gasteiger partial charge in [0.1, 0.15) is 0 Å². The number of halogens is 2. The number of rotatable bonds is 3. The van der Waals surface area contributed by atoms with Gasteiger partial charge in [-0.3, -0.25) is 4.79 Å². The number of hydrogen-bond donors (Lipinski definition) is 1. The third kappa shape index (κ3) is 4.13. The lowest BCUT2D eigenvalue weighted by atomic mass is 10.1. The fourth-order valence-corrected chi connectivity index (χ4v) is 2.78. The third-order valence-electron chi connectivity index (χ3n) is 3.04. The Balaban J connectivity index is 2.19. The van der Waals surface area contributed by atoms with Crippen molar-refractivity contribution in [1.29, 1.82) is 0 Å². The topological polar surface area (TPSA) is 46.3 Å². The number of anilines is 1. The van der Waals surface area contributed by atoms with E-state index in [2.05, 4.69) is 0 Å². The Labute approximate surface area is 134 Å². The van der Waals surface area contributed by atoms with E-state index < -0.39 is 0 Å². The van der Waals surface area contributed by atoms with Crippen molar-refractivity contribution in [2.45, 2.75) is 13.5 Å². The van der Waals surface area contributed by atoms with Gasteiger partial charge in [-0.05, 0) is 54.4 Å². The van der Waals surface area contributed by atoms with E-state index in [1.165, 1.54) is 0 Å². The molecule has 0 fully saturated rings. The molecule has 2 aromatic carbocycles. The Kier molecular flexibility index (Phi) is 4.76. The summed E-state index contributed by atoms with van der Waals surface area (Å²) in [7, 11) is 1.73. The highest BCUT2D eigenvalue weighted by Gasteiger charge is 2.13. The lowest BCUT2D eigenvalue weighted by Crippen LogP contribution is -2.26. The predicted octanol–water partition coefficient (Wildman–Crippen LogP) is 4.16. The molecule has 0 atom stereocenters. The number of benzene rings is 2. The molecular formula is C16H16Cl2N2O. The predicted molar refractivity (Wildman–Crippen MR) is 87.9 cm³/mol. The first-order chi connectivity index (χ1) is 9.85. The maximum absolute atomic E-state index is 12.4. The van der Waals surface area contributed by atoms with Crippen molar-refractivity contribution in [2.75, 3.05) is 12.8 Å². The standard InChI is InChI=1S/C16H16Cl2N2O/c1-10-3-12(7-15(19)4-10)16(21)20(2)9-11-5-13(17)8-14(18)6-11/h3-8H,9,19H2,1-2H3. The van der Waals surface area contributed by atoms with Gasteiger partial charge in [0.25, 0.3) is 5.91 Å². The Morgan fingerprint density at radius 1 is 1.10 bits per heavy atom. The number of amides is 1. The highest BCUT2D eigenvalue weighted by molar-refractivity contribution is 6.34. The first kappa shape index (κ1) is 15.7. The average Bonchev–Trinajstić information content (AvgIpc) is 2.35. The van der Waals surface area contributed by atoms with Crippen molar-refractivity contribution < 1.29 is 4.79 Å². The number of nitrogen functional groups attached to an aromatic ring is 1. The molecule has 1 amide bonds. The van der Waals surface area contributed by atoms with Crippen LogP contribution in [0.4, 0.5) is 5.69 Å². The zero-order valence-electron chi connectivity index (χ0n) is 11.9. The Bertz CT molecular complexity index is 645. The maximum Gasteiger partial charge on any atom is 0.253 e. The average molecular weight is 323 g/mol. The number of aryl methyl sites for hydroxylation is 1. The van der Waals surface area contributed by atoms with Gasteiger partial charge in [0.15, 0.2) is 0 Å². The second-order valence-corrected chi connectivity index (χ2v) is 5.94. The third-order valence-corrected chi connectivity index (χ3v) is 3.47. The van der Waals surface area contributed by atoms with Gasteiger partial charge in [-0.15, -0.1) is 0 Å². The molecule has 0 aliphatic rings. The van der Waals surface area contributed by atoms with E-state index >= 15 is 0 Å². The van der Waals surface area contributed by atoms with E-state index in [-0.39, 0.29) is 5.91 Å². The molecule has 0 saturated carbocycles. The summed E-state index contributed by atoms with van der Waals surface area (Å²) in [6.07, 6.45) is 0. The highest BCUT2D eigenvalue weighted by atomic mass is 35.5. The van der Waals surface area contributed by atoms with Gasteiger partial charge in [0.05, 0.1) is 0 Å². The van der Waals surface area contributed by atoms with Gasteiger partial charge >= 0.3 is 0 Å². The molecule has 0 radical (unpaired) electrons. The van der Waals surface area contributed by atoms with E-state index in [0.29, 0.717) is 27.8 Å². The number of nitrogens with zero attached hydrogens (tertiary/aromatic N) is 1. The summed E-state index contributed by atoms with van der Waals surface area (Å²) in [6, 6.07) is 10.6. The molecule has 21 heavy (non-hydrogen) atoms. The normalized spacial score (nSPS) is 10.5. The molecule has 0 heterocycles. The maximum atomic E-state index is 12.4. The molecular weight excluding hydrogens is 307 g/mol. The van der Waals surface area contributed by atoms with Crippen LogP contribution < -0.4 is 5.73 Å². The van der Waals surface area contributed by atoms with Crippen LogP contribution in [-0.4, -0.2) is 17.9 Å². The SMILES string of the molecule is Cc1cc(N)cc(C(=O)N(C)Cc2cc(Cl)cc(Cl)c2)c1. The first-order valence-corrected chi connectivity index (χ1v) is 7.18. The minimum Gasteiger partial charge on any atom is -0.399 e. The van der Waals surface area contributed by atoms with Crippen LogP contribution in [0.2, 0.25) is 10.0 Å². The van der Waals surface area contributed by atoms with E-state index in [4.69, 9.17) is 28.9 Å². The van der Waals surface area contributed by atoms with E-state index in [1.54, 1.807) is 36.2 Å². The van der Waals surface area contributed by atoms with E-state index in [0.717, 1.165) is 11.1 Å². The Morgan fingerprint density at radius 2 is 1.71 bits per heavy atom. The van der Waals surface area contributed by atoms with E-state index in [9.17, 15) is 4.79 Å². The van der Waals surface area contributed by atoms with Crippen LogP contribution in [0, 0.1) is 6.92 Å². The van der Waals surface area contributed by atoms with Crippen molar-refractivity contribution in [1.82, 2.24) is 4.90 Å². The Morgan fingerprint density at radius 3 is 2.29 bits per heavy atom. The molecule has 0 aliphatic carbocycles. The Hall–Kier alpha value is -1.71. The molecule has 5 heteroatoms. The van der Waals surface area contributed by atoms with Gasteiger partial charge in [-0.1, -0.05) is 23.2 Å². The van der Waals surface area contributed by atoms with Crippen LogP contribution in [0.1, 0.15) is 21.5 Å². The number of nitrogens with two attached hydrogens (primary N) is 1. The van der Waals surface area contributed by atoms with Gasteiger partial charge in [0, 0.05) is 34.9 Å². The minimum atomic E-state index is -0.0958. The summed E-state index contributed by atoms with van der Waals surface area (Å²) >= 11 is 11.9. The molecule has 0 saturated heterocycles. The molecule has 2 aromatic rings. The summed E-state index contributed by atoms with van der Waals surface area (Å²) in [5, 5.41) is 1.11. The van der Waals surface area contributed by atoms with Crippen LogP contribution in [0.15, 0.2) is 36.4 Å². The second kappa shape index (κ2) is 6.37. The number of carbonyl (C=O) groups excluding carboxylic acids is 1. The summed E-state index contributed by atoms with van der Waals surface area (Å²) < 4.78 is 0. The highest BCUT2D eigenvalue weighted by Crippen LogP contribution is 2.21. The minimum absolute atomic E-state index is 0.0958. The van der Waals surface area contributed by atoms with Crippen molar-refractivity contribution >= 4 is 34.8 Å². The molecule has 0 bridgehead atoms. The van der Waals surface area contributed by atoms with Crippen molar-refractivity contribution in [3.8, 4) is 0 Å². The zero-order valence-corrected chi connectivity index (χ0v) is 13.4. The van der Waals surface area contributed by atoms with Gasteiger partial charge in [0.2, 0.25) is 0 Å². The number of carbonyl (C=O) groups is 1. The molecule has 0 aromatic heterocycles. The van der Waals surface area contributed by atoms with Crippen LogP contribution in [0.25, 0.3) is 0 Å². The molecule has 2 rings (SSSR count). The summed E-state index contributed by atoms with van der Waals surface area (Å²) in [5.74, 6) is -0.0958. The molecule has 0 unspecified atom stereocenters. The summed E-state index contributed by atoms with van der Waals surface area (Å²) in [6.45, 7) is 2.33. The summed E-state index contributed by atoms with van der Waals surface area (Å²) in [5.41, 5.74) is 8.77. The second-order valence-electron chi connectivity index (χ2n) is 5.07. The monoisotopic (exact) mass is 322 g/mol. The van der Waals surface area contributed by atoms with E-state index in [1.807, 2.05) is 19.1 Å². The molecule has 110 valence electrons. The van der Waals surface area contributed by atoms with Crippen LogP contribution >= 0.6 is 23.2 Å². The largest absolute Gasteiger partial charge is 0.399 e. The first-order valence-electron chi connectivity index (χ1n) is 6.43. The zero-order chi connectivity index (χ0) is 15.6. The van der Waals surface area contributed by atoms with Crippen LogP contribution in [-0.2, 0) is 6.54 Å². The molecule has 2 N–H and O–H groups in total.